The molecule has 1 aliphatic rings. The summed E-state index contributed by atoms with van der Waals surface area (Å²) in [5, 5.41) is 11.0. The topological polar surface area (TPSA) is 33.1 Å². The highest BCUT2D eigenvalue weighted by atomic mass is 32.1. The van der Waals surface area contributed by atoms with Crippen LogP contribution in [0.4, 0.5) is 0 Å². The van der Waals surface area contributed by atoms with Gasteiger partial charge >= 0.3 is 0 Å². The van der Waals surface area contributed by atoms with Crippen molar-refractivity contribution in [1.29, 1.82) is 0 Å². The molecule has 0 spiro atoms. The molecule has 0 saturated heterocycles. The minimum Gasteiger partial charge on any atom is -0.492 e. The quantitative estimate of drug-likeness (QED) is 0.646. The van der Waals surface area contributed by atoms with Crippen molar-refractivity contribution in [2.24, 2.45) is 0 Å². The largest absolute Gasteiger partial charge is 0.492 e. The third-order valence-electron chi connectivity index (χ3n) is 1.59. The Morgan fingerprint density at radius 1 is 1.67 bits per heavy atom. The van der Waals surface area contributed by atoms with E-state index < -0.39 is 0 Å². The molecule has 0 aromatic carbocycles. The number of aromatic hydroxyl groups is 1. The van der Waals surface area contributed by atoms with Gasteiger partial charge in [-0.05, 0) is 30.3 Å². The van der Waals surface area contributed by atoms with Crippen molar-refractivity contribution < 1.29 is 5.11 Å². The van der Waals surface area contributed by atoms with Gasteiger partial charge in [0.2, 0.25) is 5.88 Å². The maximum atomic E-state index is 9.06. The van der Waals surface area contributed by atoms with Crippen LogP contribution < -0.4 is 0 Å². The molecule has 1 fully saturated rings. The van der Waals surface area contributed by atoms with Crippen LogP contribution in [-0.2, 0) is 0 Å². The second-order valence-corrected chi connectivity index (χ2v) is 3.00. The van der Waals surface area contributed by atoms with Crippen LogP contribution in [-0.4, -0.2) is 9.48 Å². The summed E-state index contributed by atoms with van der Waals surface area (Å²) in [7, 11) is 0. The molecule has 0 atom stereocenters. The van der Waals surface area contributed by atoms with Crippen LogP contribution in [0.2, 0.25) is 0 Å². The lowest BCUT2D eigenvalue weighted by Gasteiger charge is -1.87. The van der Waals surface area contributed by atoms with Crippen LogP contribution in [0, 0.1) is 0 Å². The van der Waals surface area contributed by atoms with Gasteiger partial charge in [-0.3, -0.25) is 0 Å². The maximum Gasteiger partial charge on any atom is 0.226 e. The van der Waals surface area contributed by atoms with Crippen LogP contribution in [0.15, 0.2) is 5.38 Å². The van der Waals surface area contributed by atoms with Crippen LogP contribution in [0.1, 0.15) is 24.3 Å². The van der Waals surface area contributed by atoms with Gasteiger partial charge in [0, 0.05) is 10.9 Å². The van der Waals surface area contributed by atoms with E-state index in [2.05, 4.69) is 4.37 Å². The predicted molar refractivity (Wildman–Crippen MR) is 35.8 cm³/mol. The van der Waals surface area contributed by atoms with E-state index in [9.17, 15) is 0 Å². The van der Waals surface area contributed by atoms with Gasteiger partial charge in [-0.1, -0.05) is 0 Å². The zero-order valence-electron chi connectivity index (χ0n) is 4.87. The number of hydrogen-bond acceptors (Lipinski definition) is 3. The number of aromatic nitrogens is 1. The first-order valence-corrected chi connectivity index (χ1v) is 3.85. The SMILES string of the molecule is Oc1nscc1C1CC1. The molecule has 2 rings (SSSR count). The minimum absolute atomic E-state index is 0.252. The van der Waals surface area contributed by atoms with E-state index in [-0.39, 0.29) is 5.88 Å². The number of nitrogens with zero attached hydrogens (tertiary/aromatic N) is 1. The molecular weight excluding hydrogens is 134 g/mol. The fourth-order valence-corrected chi connectivity index (χ4v) is 1.58. The van der Waals surface area contributed by atoms with Crippen molar-refractivity contribution in [3.8, 4) is 5.88 Å². The van der Waals surface area contributed by atoms with Gasteiger partial charge in [-0.15, -0.1) is 0 Å². The highest BCUT2D eigenvalue weighted by molar-refractivity contribution is 7.03. The fraction of sp³-hybridized carbons (Fsp3) is 0.500. The summed E-state index contributed by atoms with van der Waals surface area (Å²) in [6, 6.07) is 0. The molecule has 0 bridgehead atoms. The summed E-state index contributed by atoms with van der Waals surface area (Å²) in [5.74, 6) is 0.881. The van der Waals surface area contributed by atoms with Crippen LogP contribution in [0.25, 0.3) is 0 Å². The minimum atomic E-state index is 0.252. The van der Waals surface area contributed by atoms with Crippen molar-refractivity contribution in [1.82, 2.24) is 4.37 Å². The van der Waals surface area contributed by atoms with Crippen LogP contribution in [0.5, 0.6) is 5.88 Å². The molecule has 1 heterocycles. The second kappa shape index (κ2) is 1.70. The lowest BCUT2D eigenvalue weighted by molar-refractivity contribution is 0.453. The van der Waals surface area contributed by atoms with E-state index in [1.807, 2.05) is 5.38 Å². The van der Waals surface area contributed by atoms with E-state index in [4.69, 9.17) is 5.11 Å². The van der Waals surface area contributed by atoms with Crippen molar-refractivity contribution in [3.63, 3.8) is 0 Å². The molecule has 0 aliphatic heterocycles. The summed E-state index contributed by atoms with van der Waals surface area (Å²) >= 11 is 1.33. The van der Waals surface area contributed by atoms with Crippen molar-refractivity contribution in [3.05, 3.63) is 10.9 Å². The maximum absolute atomic E-state index is 9.06. The van der Waals surface area contributed by atoms with Crippen LogP contribution >= 0.6 is 11.5 Å². The Hall–Kier alpha value is -0.570. The first kappa shape index (κ1) is 5.23. The van der Waals surface area contributed by atoms with Crippen LogP contribution in [0.3, 0.4) is 0 Å². The summed E-state index contributed by atoms with van der Waals surface area (Å²) < 4.78 is 3.78. The average Bonchev–Trinajstić information content (AvgIpc) is 2.58. The molecule has 0 unspecified atom stereocenters. The van der Waals surface area contributed by atoms with Gasteiger partial charge in [-0.25, -0.2) is 0 Å². The highest BCUT2D eigenvalue weighted by Gasteiger charge is 2.27. The molecule has 0 amide bonds. The summed E-state index contributed by atoms with van der Waals surface area (Å²) in [6.45, 7) is 0. The first-order valence-electron chi connectivity index (χ1n) is 3.01. The second-order valence-electron chi connectivity index (χ2n) is 2.37. The van der Waals surface area contributed by atoms with Crippen molar-refractivity contribution in [2.75, 3.05) is 0 Å². The smallest absolute Gasteiger partial charge is 0.226 e. The summed E-state index contributed by atoms with van der Waals surface area (Å²) in [6.07, 6.45) is 2.46. The van der Waals surface area contributed by atoms with Crippen molar-refractivity contribution in [2.45, 2.75) is 18.8 Å². The van der Waals surface area contributed by atoms with Gasteiger partial charge in [-0.2, -0.15) is 4.37 Å². The Labute approximate surface area is 57.3 Å². The Balaban J connectivity index is 2.35. The zero-order valence-corrected chi connectivity index (χ0v) is 5.69. The molecule has 0 radical (unpaired) electrons. The summed E-state index contributed by atoms with van der Waals surface area (Å²) in [4.78, 5) is 0. The molecule has 1 aromatic rings. The standard InChI is InChI=1S/C6H7NOS/c8-6-5(3-9-7-6)4-1-2-4/h3-4H,1-2H2,(H,7,8). The predicted octanol–water partition coefficient (Wildman–Crippen LogP) is 1.73. The van der Waals surface area contributed by atoms with Gasteiger partial charge in [0.1, 0.15) is 0 Å². The third-order valence-corrected chi connectivity index (χ3v) is 2.23. The molecule has 3 heteroatoms. The van der Waals surface area contributed by atoms with Gasteiger partial charge in [0.05, 0.1) is 0 Å². The fourth-order valence-electron chi connectivity index (χ4n) is 0.912. The lowest BCUT2D eigenvalue weighted by atomic mass is 10.2. The van der Waals surface area contributed by atoms with Gasteiger partial charge < -0.3 is 5.11 Å². The molecule has 1 aromatic heterocycles. The molecule has 2 nitrogen and oxygen atoms in total. The molecule has 9 heavy (non-hydrogen) atoms. The third kappa shape index (κ3) is 0.812. The molecule has 48 valence electrons. The van der Waals surface area contributed by atoms with E-state index in [0.717, 1.165) is 5.56 Å². The Morgan fingerprint density at radius 2 is 2.44 bits per heavy atom. The van der Waals surface area contributed by atoms with E-state index in [1.165, 1.54) is 24.4 Å². The monoisotopic (exact) mass is 141 g/mol. The number of hydrogen-bond donors (Lipinski definition) is 1. The van der Waals surface area contributed by atoms with Crippen molar-refractivity contribution >= 4 is 11.5 Å². The lowest BCUT2D eigenvalue weighted by Crippen LogP contribution is -1.72. The van der Waals surface area contributed by atoms with E-state index in [1.54, 1.807) is 0 Å². The Bertz CT molecular complexity index is 217. The highest BCUT2D eigenvalue weighted by Crippen LogP contribution is 2.44. The summed E-state index contributed by atoms with van der Waals surface area (Å²) in [5.41, 5.74) is 1.06. The van der Waals surface area contributed by atoms with E-state index >= 15 is 0 Å². The normalized spacial score (nSPS) is 18.2. The molecule has 1 saturated carbocycles. The first-order chi connectivity index (χ1) is 4.38. The number of rotatable bonds is 1. The van der Waals surface area contributed by atoms with E-state index in [0.29, 0.717) is 5.92 Å². The average molecular weight is 141 g/mol. The molecule has 1 N–H and O–H groups in total. The Morgan fingerprint density at radius 3 is 2.89 bits per heavy atom. The Kier molecular flexibility index (Phi) is 0.990. The molecule has 1 aliphatic carbocycles. The van der Waals surface area contributed by atoms with Gasteiger partial charge in [0.15, 0.2) is 0 Å². The zero-order chi connectivity index (χ0) is 6.27. The van der Waals surface area contributed by atoms with Gasteiger partial charge in [0.25, 0.3) is 0 Å². The molecular formula is C6H7NOS.